The van der Waals surface area contributed by atoms with E-state index in [1.807, 2.05) is 24.6 Å². The number of anilines is 1. The number of esters is 1. The molecule has 6 heteroatoms. The second-order valence-corrected chi connectivity index (χ2v) is 5.17. The Morgan fingerprint density at radius 3 is 2.95 bits per heavy atom. The van der Waals surface area contributed by atoms with Crippen LogP contribution in [0.1, 0.15) is 28.7 Å². The summed E-state index contributed by atoms with van der Waals surface area (Å²) in [5.41, 5.74) is 8.45. The maximum absolute atomic E-state index is 12.1. The third-order valence-electron chi connectivity index (χ3n) is 2.88. The highest BCUT2D eigenvalue weighted by Gasteiger charge is 2.14. The molecule has 0 saturated carbocycles. The average Bonchev–Trinajstić information content (AvgIpc) is 2.79. The second-order valence-electron chi connectivity index (χ2n) is 4.38. The van der Waals surface area contributed by atoms with Crippen molar-refractivity contribution in [3.63, 3.8) is 0 Å². The molecular formula is C14H16BrN3O2. The molecule has 106 valence electrons. The number of carbonyl (C=O) groups is 1. The number of rotatable bonds is 4. The zero-order chi connectivity index (χ0) is 14.7. The molecule has 0 unspecified atom stereocenters. The first kappa shape index (κ1) is 14.6. The van der Waals surface area contributed by atoms with E-state index in [1.54, 1.807) is 18.2 Å². The highest BCUT2D eigenvalue weighted by Crippen LogP contribution is 2.24. The van der Waals surface area contributed by atoms with Crippen molar-refractivity contribution >= 4 is 27.6 Å². The normalized spacial score (nSPS) is 10.6. The summed E-state index contributed by atoms with van der Waals surface area (Å²) in [6.45, 7) is 4.83. The summed E-state index contributed by atoms with van der Waals surface area (Å²) in [5, 5.41) is 4.31. The first-order valence-electron chi connectivity index (χ1n) is 6.27. The first-order valence-corrected chi connectivity index (χ1v) is 7.06. The molecule has 1 aromatic heterocycles. The summed E-state index contributed by atoms with van der Waals surface area (Å²) in [6, 6.07) is 7.02. The fourth-order valence-electron chi connectivity index (χ4n) is 1.91. The minimum atomic E-state index is -0.411. The monoisotopic (exact) mass is 337 g/mol. The van der Waals surface area contributed by atoms with Gasteiger partial charge in [-0.15, -0.1) is 0 Å². The van der Waals surface area contributed by atoms with Gasteiger partial charge in [0.25, 0.3) is 0 Å². The van der Waals surface area contributed by atoms with Gasteiger partial charge in [-0.3, -0.25) is 4.68 Å². The summed E-state index contributed by atoms with van der Waals surface area (Å²) in [6.07, 6.45) is 0. The summed E-state index contributed by atoms with van der Waals surface area (Å²) >= 11 is 3.30. The molecule has 0 aliphatic heterocycles. The number of ether oxygens (including phenoxy) is 1. The third kappa shape index (κ3) is 3.01. The van der Waals surface area contributed by atoms with Gasteiger partial charge < -0.3 is 10.5 Å². The van der Waals surface area contributed by atoms with Crippen LogP contribution in [0.2, 0.25) is 0 Å². The van der Waals surface area contributed by atoms with Crippen molar-refractivity contribution < 1.29 is 9.53 Å². The lowest BCUT2D eigenvalue weighted by molar-refractivity contribution is 0.0461. The van der Waals surface area contributed by atoms with Gasteiger partial charge in [-0.1, -0.05) is 6.07 Å². The summed E-state index contributed by atoms with van der Waals surface area (Å²) in [5.74, 6) is -0.411. The summed E-state index contributed by atoms with van der Waals surface area (Å²) in [4.78, 5) is 12.1. The smallest absolute Gasteiger partial charge is 0.339 e. The number of benzene rings is 1. The van der Waals surface area contributed by atoms with Gasteiger partial charge in [-0.25, -0.2) is 4.79 Å². The molecule has 0 amide bonds. The van der Waals surface area contributed by atoms with Crippen molar-refractivity contribution in [2.45, 2.75) is 27.0 Å². The number of aromatic nitrogens is 2. The fraction of sp³-hybridized carbons (Fsp3) is 0.286. The van der Waals surface area contributed by atoms with Crippen LogP contribution in [0.25, 0.3) is 0 Å². The van der Waals surface area contributed by atoms with Gasteiger partial charge in [0.2, 0.25) is 0 Å². The summed E-state index contributed by atoms with van der Waals surface area (Å²) in [7, 11) is 0. The van der Waals surface area contributed by atoms with E-state index in [0.29, 0.717) is 15.7 Å². The van der Waals surface area contributed by atoms with E-state index in [9.17, 15) is 4.79 Å². The Bertz CT molecular complexity index is 637. The zero-order valence-corrected chi connectivity index (χ0v) is 13.0. The Morgan fingerprint density at radius 2 is 2.25 bits per heavy atom. The minimum Gasteiger partial charge on any atom is -0.456 e. The van der Waals surface area contributed by atoms with Crippen molar-refractivity contribution in [1.29, 1.82) is 0 Å². The number of halogens is 1. The number of nitrogens with zero attached hydrogens (tertiary/aromatic N) is 2. The second kappa shape index (κ2) is 6.09. The van der Waals surface area contributed by atoms with Crippen molar-refractivity contribution in [1.82, 2.24) is 9.78 Å². The molecule has 2 rings (SSSR count). The molecule has 1 aromatic carbocycles. The van der Waals surface area contributed by atoms with Crippen molar-refractivity contribution in [3.05, 3.63) is 45.7 Å². The van der Waals surface area contributed by atoms with E-state index < -0.39 is 5.97 Å². The molecule has 20 heavy (non-hydrogen) atoms. The van der Waals surface area contributed by atoms with Gasteiger partial charge in [-0.05, 0) is 48.0 Å². The standard InChI is InChI=1S/C14H16BrN3O2/c1-3-18-10(7-9(2)17-18)8-20-14(19)11-5-4-6-12(16)13(11)15/h4-7H,3,8,16H2,1-2H3. The fourth-order valence-corrected chi connectivity index (χ4v) is 2.34. The molecule has 0 fully saturated rings. The Hall–Kier alpha value is -1.82. The molecule has 0 saturated heterocycles. The third-order valence-corrected chi connectivity index (χ3v) is 3.77. The lowest BCUT2D eigenvalue weighted by Crippen LogP contribution is -2.10. The van der Waals surface area contributed by atoms with E-state index in [4.69, 9.17) is 10.5 Å². The Labute approximate surface area is 125 Å². The van der Waals surface area contributed by atoms with Crippen molar-refractivity contribution in [2.24, 2.45) is 0 Å². The van der Waals surface area contributed by atoms with Crippen LogP contribution in [-0.2, 0) is 17.9 Å². The van der Waals surface area contributed by atoms with Gasteiger partial charge in [0.05, 0.1) is 21.4 Å². The molecule has 0 aliphatic rings. The van der Waals surface area contributed by atoms with E-state index in [2.05, 4.69) is 21.0 Å². The Morgan fingerprint density at radius 1 is 1.50 bits per heavy atom. The minimum absolute atomic E-state index is 0.189. The topological polar surface area (TPSA) is 70.1 Å². The molecule has 0 radical (unpaired) electrons. The van der Waals surface area contributed by atoms with Gasteiger partial charge in [-0.2, -0.15) is 5.10 Å². The van der Waals surface area contributed by atoms with Crippen LogP contribution in [0, 0.1) is 6.92 Å². The molecule has 2 N–H and O–H groups in total. The number of nitrogen functional groups attached to an aromatic ring is 1. The molecule has 0 bridgehead atoms. The van der Waals surface area contributed by atoms with Gasteiger partial charge in [0, 0.05) is 12.2 Å². The lowest BCUT2D eigenvalue weighted by atomic mass is 10.2. The summed E-state index contributed by atoms with van der Waals surface area (Å²) < 4.78 is 7.70. The quantitative estimate of drug-likeness (QED) is 0.687. The first-order chi connectivity index (χ1) is 9.52. The van der Waals surface area contributed by atoms with Crippen LogP contribution in [0.15, 0.2) is 28.7 Å². The van der Waals surface area contributed by atoms with Crippen molar-refractivity contribution in [2.75, 3.05) is 5.73 Å². The van der Waals surface area contributed by atoms with E-state index in [0.717, 1.165) is 17.9 Å². The van der Waals surface area contributed by atoms with Crippen LogP contribution in [0.4, 0.5) is 5.69 Å². The SMILES string of the molecule is CCn1nc(C)cc1COC(=O)c1cccc(N)c1Br. The number of aryl methyl sites for hydroxylation is 2. The molecular weight excluding hydrogens is 322 g/mol. The Balaban J connectivity index is 2.10. The van der Waals surface area contributed by atoms with Crippen LogP contribution >= 0.6 is 15.9 Å². The molecule has 1 heterocycles. The maximum atomic E-state index is 12.1. The highest BCUT2D eigenvalue weighted by atomic mass is 79.9. The Kier molecular flexibility index (Phi) is 4.44. The van der Waals surface area contributed by atoms with Crippen LogP contribution in [0.5, 0.6) is 0 Å². The lowest BCUT2D eigenvalue weighted by Gasteiger charge is -2.08. The number of carbonyl (C=O) groups excluding carboxylic acids is 1. The predicted molar refractivity (Wildman–Crippen MR) is 80.3 cm³/mol. The molecule has 5 nitrogen and oxygen atoms in total. The maximum Gasteiger partial charge on any atom is 0.339 e. The average molecular weight is 338 g/mol. The van der Waals surface area contributed by atoms with E-state index in [1.165, 1.54) is 0 Å². The number of nitrogens with two attached hydrogens (primary N) is 1. The van der Waals surface area contributed by atoms with Crippen molar-refractivity contribution in [3.8, 4) is 0 Å². The number of hydrogen-bond donors (Lipinski definition) is 1. The molecule has 0 atom stereocenters. The van der Waals surface area contributed by atoms with Crippen LogP contribution in [0.3, 0.4) is 0 Å². The predicted octanol–water partition coefficient (Wildman–Crippen LogP) is 2.91. The van der Waals surface area contributed by atoms with Gasteiger partial charge in [0.1, 0.15) is 6.61 Å². The van der Waals surface area contributed by atoms with Crippen LogP contribution < -0.4 is 5.73 Å². The van der Waals surface area contributed by atoms with Gasteiger partial charge in [0.15, 0.2) is 0 Å². The van der Waals surface area contributed by atoms with Crippen LogP contribution in [-0.4, -0.2) is 15.7 Å². The number of hydrogen-bond acceptors (Lipinski definition) is 4. The van der Waals surface area contributed by atoms with E-state index >= 15 is 0 Å². The van der Waals surface area contributed by atoms with E-state index in [-0.39, 0.29) is 6.61 Å². The molecule has 2 aromatic rings. The van der Waals surface area contributed by atoms with Gasteiger partial charge >= 0.3 is 5.97 Å². The zero-order valence-electron chi connectivity index (χ0n) is 11.4. The molecule has 0 spiro atoms. The largest absolute Gasteiger partial charge is 0.456 e. The molecule has 0 aliphatic carbocycles. The highest BCUT2D eigenvalue weighted by molar-refractivity contribution is 9.10.